The van der Waals surface area contributed by atoms with E-state index in [0.29, 0.717) is 12.1 Å². The Morgan fingerprint density at radius 2 is 2.06 bits per heavy atom. The lowest BCUT2D eigenvalue weighted by Gasteiger charge is -2.07. The van der Waals surface area contributed by atoms with Gasteiger partial charge in [0.25, 0.3) is 5.91 Å². The zero-order chi connectivity index (χ0) is 12.8. The first-order chi connectivity index (χ1) is 8.83. The number of aromatic nitrogens is 1. The van der Waals surface area contributed by atoms with Gasteiger partial charge in [-0.15, -0.1) is 0 Å². The van der Waals surface area contributed by atoms with E-state index in [9.17, 15) is 4.79 Å². The minimum atomic E-state index is -0.0720. The molecule has 1 heterocycles. The third-order valence-corrected chi connectivity index (χ3v) is 2.71. The number of benzene rings is 1. The summed E-state index contributed by atoms with van der Waals surface area (Å²) in [5.41, 5.74) is 1.38. The zero-order valence-electron chi connectivity index (χ0n) is 10.4. The van der Waals surface area contributed by atoms with Crippen LogP contribution in [0.5, 0.6) is 0 Å². The first-order valence-electron chi connectivity index (χ1n) is 6.15. The summed E-state index contributed by atoms with van der Waals surface area (Å²) in [6, 6.07) is 9.46. The van der Waals surface area contributed by atoms with Crippen LogP contribution in [0.25, 0.3) is 10.9 Å². The Labute approximate surface area is 106 Å². The van der Waals surface area contributed by atoms with Gasteiger partial charge in [-0.05, 0) is 18.7 Å². The number of fused-ring (bicyclic) bond motifs is 1. The van der Waals surface area contributed by atoms with Gasteiger partial charge in [0.15, 0.2) is 0 Å². The highest BCUT2D eigenvalue weighted by molar-refractivity contribution is 6.05. The zero-order valence-corrected chi connectivity index (χ0v) is 10.4. The van der Waals surface area contributed by atoms with E-state index in [1.807, 2.05) is 31.2 Å². The molecule has 0 saturated carbocycles. The molecule has 1 aromatic carbocycles. The largest absolute Gasteiger partial charge is 0.351 e. The fourth-order valence-corrected chi connectivity index (χ4v) is 1.82. The van der Waals surface area contributed by atoms with Gasteiger partial charge in [0, 0.05) is 24.7 Å². The number of nitrogens with zero attached hydrogens (tertiary/aromatic N) is 1. The highest BCUT2D eigenvalue weighted by atomic mass is 16.1. The van der Waals surface area contributed by atoms with E-state index in [1.165, 1.54) is 0 Å². The van der Waals surface area contributed by atoms with Crippen molar-refractivity contribution in [2.45, 2.75) is 6.92 Å². The minimum Gasteiger partial charge on any atom is -0.351 e. The highest BCUT2D eigenvalue weighted by Crippen LogP contribution is 2.15. The van der Waals surface area contributed by atoms with Crippen molar-refractivity contribution in [2.75, 3.05) is 19.6 Å². The molecule has 0 aliphatic carbocycles. The molecule has 0 aliphatic heterocycles. The number of nitrogens with one attached hydrogen (secondary N) is 2. The van der Waals surface area contributed by atoms with Gasteiger partial charge in [0.05, 0.1) is 11.1 Å². The highest BCUT2D eigenvalue weighted by Gasteiger charge is 2.09. The lowest BCUT2D eigenvalue weighted by atomic mass is 10.1. The second-order valence-corrected chi connectivity index (χ2v) is 3.99. The maximum absolute atomic E-state index is 12.0. The van der Waals surface area contributed by atoms with E-state index in [1.54, 1.807) is 12.3 Å². The van der Waals surface area contributed by atoms with Gasteiger partial charge in [-0.25, -0.2) is 0 Å². The molecule has 0 bridgehead atoms. The first-order valence-corrected chi connectivity index (χ1v) is 6.15. The summed E-state index contributed by atoms with van der Waals surface area (Å²) in [6.07, 6.45) is 1.71. The standard InChI is InChI=1S/C14H17N3O/c1-2-15-9-10-17-14(18)12-7-3-5-11-6-4-8-16-13(11)12/h3-8,15H,2,9-10H2,1H3,(H,17,18). The predicted molar refractivity (Wildman–Crippen MR) is 72.6 cm³/mol. The fraction of sp³-hybridized carbons (Fsp3) is 0.286. The number of carbonyl (C=O) groups is 1. The quantitative estimate of drug-likeness (QED) is 0.784. The van der Waals surface area contributed by atoms with Gasteiger partial charge >= 0.3 is 0 Å². The van der Waals surface area contributed by atoms with E-state index in [2.05, 4.69) is 15.6 Å². The van der Waals surface area contributed by atoms with Crippen molar-refractivity contribution in [3.8, 4) is 0 Å². The van der Waals surface area contributed by atoms with Gasteiger partial charge in [-0.3, -0.25) is 9.78 Å². The molecule has 94 valence electrons. The first kappa shape index (κ1) is 12.5. The minimum absolute atomic E-state index is 0.0720. The molecular formula is C14H17N3O. The van der Waals surface area contributed by atoms with Crippen molar-refractivity contribution in [1.82, 2.24) is 15.6 Å². The van der Waals surface area contributed by atoms with Crippen LogP contribution in [0.1, 0.15) is 17.3 Å². The van der Waals surface area contributed by atoms with Crippen LogP contribution in [0, 0.1) is 0 Å². The molecule has 1 aromatic heterocycles. The monoisotopic (exact) mass is 243 g/mol. The normalized spacial score (nSPS) is 10.5. The smallest absolute Gasteiger partial charge is 0.253 e. The summed E-state index contributed by atoms with van der Waals surface area (Å²) in [4.78, 5) is 16.3. The average Bonchev–Trinajstić information content (AvgIpc) is 2.43. The maximum Gasteiger partial charge on any atom is 0.253 e. The Bertz CT molecular complexity index is 534. The third-order valence-electron chi connectivity index (χ3n) is 2.71. The second-order valence-electron chi connectivity index (χ2n) is 3.99. The molecule has 0 saturated heterocycles. The van der Waals surface area contributed by atoms with Gasteiger partial charge in [0.1, 0.15) is 0 Å². The van der Waals surface area contributed by atoms with Crippen molar-refractivity contribution < 1.29 is 4.79 Å². The third kappa shape index (κ3) is 2.84. The number of hydrogen-bond acceptors (Lipinski definition) is 3. The number of pyridine rings is 1. The van der Waals surface area contributed by atoms with E-state index in [-0.39, 0.29) is 5.91 Å². The number of likely N-dealkylation sites (N-methyl/N-ethyl adjacent to an activating group) is 1. The lowest BCUT2D eigenvalue weighted by molar-refractivity contribution is 0.0955. The number of carbonyl (C=O) groups excluding carboxylic acids is 1. The van der Waals surface area contributed by atoms with Crippen LogP contribution < -0.4 is 10.6 Å². The second kappa shape index (κ2) is 6.12. The van der Waals surface area contributed by atoms with Crippen LogP contribution in [0.4, 0.5) is 0 Å². The van der Waals surface area contributed by atoms with Crippen molar-refractivity contribution in [3.63, 3.8) is 0 Å². The predicted octanol–water partition coefficient (Wildman–Crippen LogP) is 1.57. The summed E-state index contributed by atoms with van der Waals surface area (Å²) in [6.45, 7) is 4.35. The molecule has 4 heteroatoms. The van der Waals surface area contributed by atoms with E-state index < -0.39 is 0 Å². The van der Waals surface area contributed by atoms with Gasteiger partial charge in [0.2, 0.25) is 0 Å². The van der Waals surface area contributed by atoms with Crippen molar-refractivity contribution >= 4 is 16.8 Å². The van der Waals surface area contributed by atoms with Crippen LogP contribution in [-0.2, 0) is 0 Å². The van der Waals surface area contributed by atoms with Crippen LogP contribution in [0.15, 0.2) is 36.5 Å². The number of amides is 1. The Balaban J connectivity index is 2.13. The Kier molecular flexibility index (Phi) is 4.25. The van der Waals surface area contributed by atoms with Crippen molar-refractivity contribution in [3.05, 3.63) is 42.1 Å². The van der Waals surface area contributed by atoms with Gasteiger partial charge in [-0.1, -0.05) is 25.1 Å². The Morgan fingerprint density at radius 3 is 2.89 bits per heavy atom. The molecule has 0 fully saturated rings. The summed E-state index contributed by atoms with van der Waals surface area (Å²) in [5, 5.41) is 7.03. The fourth-order valence-electron chi connectivity index (χ4n) is 1.82. The molecule has 2 rings (SSSR count). The van der Waals surface area contributed by atoms with E-state index >= 15 is 0 Å². The lowest BCUT2D eigenvalue weighted by Crippen LogP contribution is -2.31. The van der Waals surface area contributed by atoms with Crippen LogP contribution in [0.2, 0.25) is 0 Å². The molecule has 0 radical (unpaired) electrons. The Hall–Kier alpha value is -1.94. The molecule has 0 unspecified atom stereocenters. The summed E-state index contributed by atoms with van der Waals surface area (Å²) in [5.74, 6) is -0.0720. The van der Waals surface area contributed by atoms with Crippen LogP contribution in [-0.4, -0.2) is 30.5 Å². The maximum atomic E-state index is 12.0. The van der Waals surface area contributed by atoms with Crippen LogP contribution in [0.3, 0.4) is 0 Å². The molecule has 0 spiro atoms. The van der Waals surface area contributed by atoms with E-state index in [0.717, 1.165) is 24.0 Å². The molecule has 0 aliphatic rings. The molecule has 2 aromatic rings. The van der Waals surface area contributed by atoms with Gasteiger partial charge < -0.3 is 10.6 Å². The number of hydrogen-bond donors (Lipinski definition) is 2. The molecule has 0 atom stereocenters. The molecular weight excluding hydrogens is 226 g/mol. The Morgan fingerprint density at radius 1 is 1.22 bits per heavy atom. The van der Waals surface area contributed by atoms with Crippen molar-refractivity contribution in [2.24, 2.45) is 0 Å². The molecule has 2 N–H and O–H groups in total. The van der Waals surface area contributed by atoms with Gasteiger partial charge in [-0.2, -0.15) is 0 Å². The molecule has 4 nitrogen and oxygen atoms in total. The molecule has 1 amide bonds. The SMILES string of the molecule is CCNCCNC(=O)c1cccc2cccnc12. The number of para-hydroxylation sites is 1. The molecule has 18 heavy (non-hydrogen) atoms. The summed E-state index contributed by atoms with van der Waals surface area (Å²) in [7, 11) is 0. The summed E-state index contributed by atoms with van der Waals surface area (Å²) < 4.78 is 0. The topological polar surface area (TPSA) is 54.0 Å². The van der Waals surface area contributed by atoms with Crippen molar-refractivity contribution in [1.29, 1.82) is 0 Å². The summed E-state index contributed by atoms with van der Waals surface area (Å²) >= 11 is 0. The average molecular weight is 243 g/mol. The number of rotatable bonds is 5. The van der Waals surface area contributed by atoms with Crippen LogP contribution >= 0.6 is 0 Å². The van der Waals surface area contributed by atoms with E-state index in [4.69, 9.17) is 0 Å².